The Balaban J connectivity index is 1.75. The molecule has 1 fully saturated rings. The summed E-state index contributed by atoms with van der Waals surface area (Å²) in [6.45, 7) is 3.37. The summed E-state index contributed by atoms with van der Waals surface area (Å²) in [4.78, 5) is 1.52. The Morgan fingerprint density at radius 2 is 2.16 bits per heavy atom. The van der Waals surface area contributed by atoms with E-state index in [1.54, 1.807) is 0 Å². The van der Waals surface area contributed by atoms with Crippen molar-refractivity contribution >= 4 is 21.4 Å². The molecule has 1 heterocycles. The maximum Gasteiger partial charge on any atom is 0.0415 e. The van der Waals surface area contributed by atoms with Gasteiger partial charge in [-0.3, -0.25) is 0 Å². The van der Waals surface area contributed by atoms with Crippen molar-refractivity contribution in [2.24, 2.45) is 5.92 Å². The van der Waals surface area contributed by atoms with Crippen LogP contribution in [0, 0.1) is 5.92 Å². The number of hydrogen-bond acceptors (Lipinski definition) is 2. The fourth-order valence-electron chi connectivity index (χ4n) is 2.65. The molecule has 1 nitrogen and oxygen atoms in total. The Kier molecular flexibility index (Phi) is 4.19. The standard InChI is InChI=1S/C17H23NS/c1-2-11-18-15(10-9-13-7-8-13)17-12-14-5-3-4-6-16(14)19-17/h3-6,12-13,15,18H,2,7-11H2,1H3. The molecule has 19 heavy (non-hydrogen) atoms. The van der Waals surface area contributed by atoms with E-state index in [4.69, 9.17) is 0 Å². The summed E-state index contributed by atoms with van der Waals surface area (Å²) >= 11 is 1.97. The number of rotatable bonds is 7. The van der Waals surface area contributed by atoms with E-state index >= 15 is 0 Å². The van der Waals surface area contributed by atoms with Gasteiger partial charge >= 0.3 is 0 Å². The molecule has 0 amide bonds. The van der Waals surface area contributed by atoms with Crippen LogP contribution in [0.1, 0.15) is 49.9 Å². The smallest absolute Gasteiger partial charge is 0.0415 e. The minimum atomic E-state index is 0.568. The molecule has 2 heteroatoms. The molecule has 1 N–H and O–H groups in total. The zero-order valence-electron chi connectivity index (χ0n) is 11.7. The lowest BCUT2D eigenvalue weighted by atomic mass is 10.1. The van der Waals surface area contributed by atoms with E-state index in [1.165, 1.54) is 47.1 Å². The maximum absolute atomic E-state index is 3.74. The molecular weight excluding hydrogens is 250 g/mol. The Morgan fingerprint density at radius 3 is 2.89 bits per heavy atom. The molecule has 102 valence electrons. The number of hydrogen-bond donors (Lipinski definition) is 1. The topological polar surface area (TPSA) is 12.0 Å². The van der Waals surface area contributed by atoms with Crippen molar-refractivity contribution in [1.29, 1.82) is 0 Å². The highest BCUT2D eigenvalue weighted by molar-refractivity contribution is 7.19. The van der Waals surface area contributed by atoms with E-state index in [2.05, 4.69) is 42.6 Å². The Labute approximate surface area is 120 Å². The van der Waals surface area contributed by atoms with Crippen molar-refractivity contribution in [3.63, 3.8) is 0 Å². The van der Waals surface area contributed by atoms with Crippen molar-refractivity contribution in [2.75, 3.05) is 6.54 Å². The molecule has 0 radical (unpaired) electrons. The van der Waals surface area contributed by atoms with Gasteiger partial charge in [0.25, 0.3) is 0 Å². The summed E-state index contributed by atoms with van der Waals surface area (Å²) in [5.74, 6) is 1.03. The zero-order chi connectivity index (χ0) is 13.1. The van der Waals surface area contributed by atoms with E-state index in [0.29, 0.717) is 6.04 Å². The summed E-state index contributed by atoms with van der Waals surface area (Å²) in [6, 6.07) is 11.7. The molecule has 0 aliphatic heterocycles. The van der Waals surface area contributed by atoms with Gasteiger partial charge in [-0.1, -0.05) is 38.0 Å². The zero-order valence-corrected chi connectivity index (χ0v) is 12.5. The molecule has 1 aliphatic rings. The SMILES string of the molecule is CCCNC(CCC1CC1)c1cc2ccccc2s1. The molecule has 0 bridgehead atoms. The summed E-state index contributed by atoms with van der Waals surface area (Å²) in [5, 5.41) is 5.14. The van der Waals surface area contributed by atoms with Gasteiger partial charge in [0, 0.05) is 15.6 Å². The van der Waals surface area contributed by atoms with Gasteiger partial charge in [0.2, 0.25) is 0 Å². The van der Waals surface area contributed by atoms with E-state index in [0.717, 1.165) is 12.5 Å². The summed E-state index contributed by atoms with van der Waals surface area (Å²) in [5.41, 5.74) is 0. The van der Waals surface area contributed by atoms with Gasteiger partial charge in [-0.25, -0.2) is 0 Å². The van der Waals surface area contributed by atoms with E-state index in [-0.39, 0.29) is 0 Å². The average molecular weight is 273 g/mol. The maximum atomic E-state index is 3.74. The number of nitrogens with one attached hydrogen (secondary N) is 1. The van der Waals surface area contributed by atoms with Crippen molar-refractivity contribution in [2.45, 2.75) is 45.1 Å². The molecule has 3 rings (SSSR count). The lowest BCUT2D eigenvalue weighted by Crippen LogP contribution is -2.21. The van der Waals surface area contributed by atoms with Crippen LogP contribution < -0.4 is 5.32 Å². The number of thiophene rings is 1. The Morgan fingerprint density at radius 1 is 1.32 bits per heavy atom. The third kappa shape index (κ3) is 3.37. The predicted molar refractivity (Wildman–Crippen MR) is 84.8 cm³/mol. The lowest BCUT2D eigenvalue weighted by molar-refractivity contribution is 0.476. The first-order valence-corrected chi connectivity index (χ1v) is 8.40. The Hall–Kier alpha value is -0.860. The molecule has 2 aromatic rings. The van der Waals surface area contributed by atoms with Crippen LogP contribution in [0.3, 0.4) is 0 Å². The highest BCUT2D eigenvalue weighted by atomic mass is 32.1. The molecule has 1 aromatic carbocycles. The van der Waals surface area contributed by atoms with Crippen LogP contribution in [-0.2, 0) is 0 Å². The fourth-order valence-corrected chi connectivity index (χ4v) is 3.82. The van der Waals surface area contributed by atoms with Gasteiger partial charge in [0.15, 0.2) is 0 Å². The van der Waals surface area contributed by atoms with Crippen LogP contribution in [-0.4, -0.2) is 6.54 Å². The predicted octanol–water partition coefficient (Wildman–Crippen LogP) is 5.13. The largest absolute Gasteiger partial charge is 0.309 e. The van der Waals surface area contributed by atoms with Crippen LogP contribution in [0.25, 0.3) is 10.1 Å². The molecule has 1 aromatic heterocycles. The molecule has 1 saturated carbocycles. The summed E-state index contributed by atoms with van der Waals surface area (Å²) in [6.07, 6.45) is 6.85. The number of fused-ring (bicyclic) bond motifs is 1. The van der Waals surface area contributed by atoms with Crippen LogP contribution in [0.2, 0.25) is 0 Å². The monoisotopic (exact) mass is 273 g/mol. The van der Waals surface area contributed by atoms with Crippen LogP contribution in [0.15, 0.2) is 30.3 Å². The first-order chi connectivity index (χ1) is 9.36. The summed E-state index contributed by atoms with van der Waals surface area (Å²) in [7, 11) is 0. The van der Waals surface area contributed by atoms with Crippen LogP contribution in [0.4, 0.5) is 0 Å². The van der Waals surface area contributed by atoms with E-state index in [1.807, 2.05) is 11.3 Å². The molecule has 0 saturated heterocycles. The lowest BCUT2D eigenvalue weighted by Gasteiger charge is -2.16. The van der Waals surface area contributed by atoms with Crippen molar-refractivity contribution < 1.29 is 0 Å². The minimum Gasteiger partial charge on any atom is -0.309 e. The minimum absolute atomic E-state index is 0.568. The third-order valence-corrected chi connectivity index (χ3v) is 5.22. The van der Waals surface area contributed by atoms with Gasteiger partial charge in [-0.2, -0.15) is 0 Å². The van der Waals surface area contributed by atoms with Crippen molar-refractivity contribution in [1.82, 2.24) is 5.32 Å². The van der Waals surface area contributed by atoms with Crippen molar-refractivity contribution in [3.05, 3.63) is 35.2 Å². The highest BCUT2D eigenvalue weighted by Crippen LogP contribution is 2.38. The molecular formula is C17H23NS. The first-order valence-electron chi connectivity index (χ1n) is 7.58. The Bertz CT molecular complexity index is 494. The van der Waals surface area contributed by atoms with Gasteiger partial charge in [-0.15, -0.1) is 11.3 Å². The quantitative estimate of drug-likeness (QED) is 0.737. The molecule has 0 spiro atoms. The van der Waals surface area contributed by atoms with Gasteiger partial charge < -0.3 is 5.32 Å². The van der Waals surface area contributed by atoms with E-state index in [9.17, 15) is 0 Å². The van der Waals surface area contributed by atoms with Crippen molar-refractivity contribution in [3.8, 4) is 0 Å². The van der Waals surface area contributed by atoms with Crippen LogP contribution >= 0.6 is 11.3 Å². The second kappa shape index (κ2) is 6.06. The molecule has 1 atom stereocenters. The summed E-state index contributed by atoms with van der Waals surface area (Å²) < 4.78 is 1.42. The number of benzene rings is 1. The second-order valence-electron chi connectivity index (χ2n) is 5.71. The molecule has 1 unspecified atom stereocenters. The van der Waals surface area contributed by atoms with Gasteiger partial charge in [0.1, 0.15) is 0 Å². The average Bonchev–Trinajstić information content (AvgIpc) is 3.16. The first kappa shape index (κ1) is 13.1. The third-order valence-electron chi connectivity index (χ3n) is 3.99. The van der Waals surface area contributed by atoms with Crippen LogP contribution in [0.5, 0.6) is 0 Å². The normalized spacial score (nSPS) is 16.9. The van der Waals surface area contributed by atoms with Gasteiger partial charge in [-0.05, 0) is 49.2 Å². The highest BCUT2D eigenvalue weighted by Gasteiger charge is 2.23. The fraction of sp³-hybridized carbons (Fsp3) is 0.529. The second-order valence-corrected chi connectivity index (χ2v) is 6.83. The molecule has 1 aliphatic carbocycles. The van der Waals surface area contributed by atoms with Gasteiger partial charge in [0.05, 0.1) is 0 Å². The van der Waals surface area contributed by atoms with E-state index < -0.39 is 0 Å².